The number of nitrogens with one attached hydrogen (secondary N) is 1. The zero-order valence-corrected chi connectivity index (χ0v) is 13.5. The van der Waals surface area contributed by atoms with Crippen LogP contribution in [0.1, 0.15) is 63.2 Å². The smallest absolute Gasteiger partial charge is 0.232 e. The van der Waals surface area contributed by atoms with Crippen molar-refractivity contribution in [2.24, 2.45) is 11.8 Å². The Hall–Kier alpha value is -1.78. The van der Waals surface area contributed by atoms with Crippen molar-refractivity contribution >= 4 is 0 Å². The summed E-state index contributed by atoms with van der Waals surface area (Å²) in [7, 11) is 0. The highest BCUT2D eigenvalue weighted by Crippen LogP contribution is 2.47. The van der Waals surface area contributed by atoms with Crippen molar-refractivity contribution in [2.45, 2.75) is 56.9 Å². The standard InChI is InChI=1S/C18H23N3O2/c1-18(6-7-18)17-20-16(21-23-17)14-8-15(22-10-11-2-3-11)13(9-19-14)12-4-5-12/h8-9,11-12,14,19H,2-7,10H2,1H3. The van der Waals surface area contributed by atoms with E-state index in [4.69, 9.17) is 9.26 Å². The molecule has 0 aromatic carbocycles. The molecule has 2 heterocycles. The van der Waals surface area contributed by atoms with E-state index in [9.17, 15) is 0 Å². The molecule has 1 unspecified atom stereocenters. The van der Waals surface area contributed by atoms with Gasteiger partial charge in [0.15, 0.2) is 5.82 Å². The predicted molar refractivity (Wildman–Crippen MR) is 84.3 cm³/mol. The fourth-order valence-electron chi connectivity index (χ4n) is 3.04. The summed E-state index contributed by atoms with van der Waals surface area (Å²) in [5.74, 6) is 3.95. The second kappa shape index (κ2) is 4.86. The highest BCUT2D eigenvalue weighted by atomic mass is 16.5. The second-order valence-corrected chi connectivity index (χ2v) is 7.82. The number of aromatic nitrogens is 2. The van der Waals surface area contributed by atoms with Crippen LogP contribution in [0.4, 0.5) is 0 Å². The molecule has 1 N–H and O–H groups in total. The zero-order chi connectivity index (χ0) is 15.4. The van der Waals surface area contributed by atoms with Crippen LogP contribution in [0.25, 0.3) is 0 Å². The molecule has 0 saturated heterocycles. The lowest BCUT2D eigenvalue weighted by Crippen LogP contribution is -2.22. The monoisotopic (exact) mass is 313 g/mol. The third-order valence-corrected chi connectivity index (χ3v) is 5.45. The van der Waals surface area contributed by atoms with E-state index in [-0.39, 0.29) is 11.5 Å². The van der Waals surface area contributed by atoms with E-state index in [1.54, 1.807) is 0 Å². The molecule has 1 aromatic heterocycles. The molecule has 122 valence electrons. The Kier molecular flexibility index (Phi) is 2.88. The number of rotatable bonds is 6. The van der Waals surface area contributed by atoms with Crippen LogP contribution in [-0.2, 0) is 10.2 Å². The lowest BCUT2D eigenvalue weighted by atomic mass is 10.0. The molecule has 3 saturated carbocycles. The first kappa shape index (κ1) is 13.6. The Morgan fingerprint density at radius 3 is 2.83 bits per heavy atom. The molecular weight excluding hydrogens is 290 g/mol. The van der Waals surface area contributed by atoms with Gasteiger partial charge in [0.2, 0.25) is 5.89 Å². The van der Waals surface area contributed by atoms with Gasteiger partial charge in [0.05, 0.1) is 6.61 Å². The van der Waals surface area contributed by atoms with Crippen molar-refractivity contribution in [2.75, 3.05) is 6.61 Å². The van der Waals surface area contributed by atoms with E-state index in [0.717, 1.165) is 37.0 Å². The number of hydrogen-bond acceptors (Lipinski definition) is 5. The van der Waals surface area contributed by atoms with E-state index in [1.807, 2.05) is 0 Å². The molecule has 5 nitrogen and oxygen atoms in total. The topological polar surface area (TPSA) is 60.2 Å². The van der Waals surface area contributed by atoms with Gasteiger partial charge in [0.25, 0.3) is 0 Å². The van der Waals surface area contributed by atoms with Gasteiger partial charge in [0.1, 0.15) is 11.8 Å². The molecule has 5 rings (SSSR count). The lowest BCUT2D eigenvalue weighted by Gasteiger charge is -2.22. The van der Waals surface area contributed by atoms with Crippen LogP contribution in [-0.4, -0.2) is 16.7 Å². The Labute approximate surface area is 136 Å². The van der Waals surface area contributed by atoms with Crippen LogP contribution >= 0.6 is 0 Å². The fourth-order valence-corrected chi connectivity index (χ4v) is 3.04. The number of dihydropyridines is 1. The summed E-state index contributed by atoms with van der Waals surface area (Å²) in [6.45, 7) is 3.03. The molecule has 0 radical (unpaired) electrons. The van der Waals surface area contributed by atoms with Gasteiger partial charge in [0, 0.05) is 17.2 Å². The zero-order valence-electron chi connectivity index (χ0n) is 13.5. The van der Waals surface area contributed by atoms with Crippen LogP contribution in [0.5, 0.6) is 0 Å². The highest BCUT2D eigenvalue weighted by Gasteiger charge is 2.45. The molecule has 3 aliphatic carbocycles. The molecule has 4 aliphatic rings. The van der Waals surface area contributed by atoms with Gasteiger partial charge in [-0.3, -0.25) is 0 Å². The van der Waals surface area contributed by atoms with Crippen molar-refractivity contribution in [3.05, 3.63) is 35.3 Å². The molecule has 3 fully saturated rings. The first-order chi connectivity index (χ1) is 11.2. The molecule has 5 heteroatoms. The van der Waals surface area contributed by atoms with Gasteiger partial charge in [-0.1, -0.05) is 12.1 Å². The Balaban J connectivity index is 1.36. The summed E-state index contributed by atoms with van der Waals surface area (Å²) in [6, 6.07) is -0.0495. The van der Waals surface area contributed by atoms with Gasteiger partial charge < -0.3 is 14.6 Å². The van der Waals surface area contributed by atoms with Crippen molar-refractivity contribution in [1.29, 1.82) is 0 Å². The Bertz CT molecular complexity index is 678. The normalized spacial score (nSPS) is 28.7. The van der Waals surface area contributed by atoms with Crippen molar-refractivity contribution in [3.8, 4) is 0 Å². The van der Waals surface area contributed by atoms with E-state index in [2.05, 4.69) is 34.7 Å². The molecule has 0 bridgehead atoms. The summed E-state index contributed by atoms with van der Waals surface area (Å²) in [5.41, 5.74) is 1.43. The first-order valence-electron chi connectivity index (χ1n) is 8.86. The number of nitrogens with zero attached hydrogens (tertiary/aromatic N) is 2. The highest BCUT2D eigenvalue weighted by molar-refractivity contribution is 5.36. The van der Waals surface area contributed by atoms with Gasteiger partial charge >= 0.3 is 0 Å². The quantitative estimate of drug-likeness (QED) is 0.872. The maximum absolute atomic E-state index is 6.13. The van der Waals surface area contributed by atoms with Crippen molar-refractivity contribution in [3.63, 3.8) is 0 Å². The number of hydrogen-bond donors (Lipinski definition) is 1. The van der Waals surface area contributed by atoms with Crippen molar-refractivity contribution in [1.82, 2.24) is 15.5 Å². The lowest BCUT2D eigenvalue weighted by molar-refractivity contribution is 0.200. The molecule has 0 spiro atoms. The largest absolute Gasteiger partial charge is 0.493 e. The number of allylic oxidation sites excluding steroid dienone is 1. The molecule has 1 aromatic rings. The average molecular weight is 313 g/mol. The van der Waals surface area contributed by atoms with E-state index >= 15 is 0 Å². The fraction of sp³-hybridized carbons (Fsp3) is 0.667. The SMILES string of the molecule is CC1(c2nc(C3C=C(OCC4CC4)C(C4CC4)=CN3)no2)CC1. The van der Waals surface area contributed by atoms with E-state index < -0.39 is 0 Å². The molecular formula is C18H23N3O2. The summed E-state index contributed by atoms with van der Waals surface area (Å²) in [6.07, 6.45) is 11.7. The minimum Gasteiger partial charge on any atom is -0.493 e. The Morgan fingerprint density at radius 1 is 1.30 bits per heavy atom. The van der Waals surface area contributed by atoms with Gasteiger partial charge in [-0.2, -0.15) is 4.98 Å². The summed E-state index contributed by atoms with van der Waals surface area (Å²) >= 11 is 0. The maximum atomic E-state index is 6.13. The summed E-state index contributed by atoms with van der Waals surface area (Å²) in [4.78, 5) is 4.63. The number of ether oxygens (including phenoxy) is 1. The van der Waals surface area contributed by atoms with Crippen LogP contribution in [0, 0.1) is 11.8 Å². The predicted octanol–water partition coefficient (Wildman–Crippen LogP) is 3.37. The molecule has 0 amide bonds. The maximum Gasteiger partial charge on any atom is 0.232 e. The Morgan fingerprint density at radius 2 is 2.13 bits per heavy atom. The first-order valence-corrected chi connectivity index (χ1v) is 8.86. The summed E-state index contributed by atoms with van der Waals surface area (Å²) in [5, 5.41) is 7.62. The molecule has 1 aliphatic heterocycles. The summed E-state index contributed by atoms with van der Waals surface area (Å²) < 4.78 is 11.6. The van der Waals surface area contributed by atoms with Crippen LogP contribution < -0.4 is 5.32 Å². The second-order valence-electron chi connectivity index (χ2n) is 7.82. The van der Waals surface area contributed by atoms with Gasteiger partial charge in [-0.25, -0.2) is 0 Å². The third kappa shape index (κ3) is 2.66. The minimum absolute atomic E-state index is 0.0495. The van der Waals surface area contributed by atoms with Crippen LogP contribution in [0.3, 0.4) is 0 Å². The van der Waals surface area contributed by atoms with E-state index in [1.165, 1.54) is 31.3 Å². The molecule has 1 atom stereocenters. The average Bonchev–Trinajstić information content (AvgIpc) is 3.43. The van der Waals surface area contributed by atoms with E-state index in [0.29, 0.717) is 11.7 Å². The molecule has 23 heavy (non-hydrogen) atoms. The van der Waals surface area contributed by atoms with Crippen LogP contribution in [0.2, 0.25) is 0 Å². The van der Waals surface area contributed by atoms with Crippen molar-refractivity contribution < 1.29 is 9.26 Å². The minimum atomic E-state index is -0.0495. The van der Waals surface area contributed by atoms with Gasteiger partial charge in [-0.05, 0) is 56.4 Å². The van der Waals surface area contributed by atoms with Crippen LogP contribution in [0.15, 0.2) is 28.1 Å². The third-order valence-electron chi connectivity index (χ3n) is 5.45. The van der Waals surface area contributed by atoms with Gasteiger partial charge in [-0.15, -0.1) is 0 Å².